The maximum absolute atomic E-state index is 11.4. The molecule has 1 aromatic rings. The number of carboxylic acids is 1. The van der Waals surface area contributed by atoms with E-state index in [4.69, 9.17) is 5.11 Å². The minimum Gasteiger partial charge on any atom is -0.478 e. The molecule has 10 heteroatoms. The molecule has 9 nitrogen and oxygen atoms in total. The van der Waals surface area contributed by atoms with Gasteiger partial charge in [-0.05, 0) is 6.07 Å². The van der Waals surface area contributed by atoms with Crippen LogP contribution in [0.5, 0.6) is 0 Å². The molecule has 0 unspecified atom stereocenters. The lowest BCUT2D eigenvalue weighted by Gasteiger charge is -2.10. The molecule has 0 saturated carbocycles. The third-order valence-electron chi connectivity index (χ3n) is 2.49. The molecule has 116 valence electrons. The first-order chi connectivity index (χ1) is 9.76. The molecule has 3 N–H and O–H groups in total. The van der Waals surface area contributed by atoms with Crippen molar-refractivity contribution in [2.24, 2.45) is 0 Å². The molecule has 21 heavy (non-hydrogen) atoms. The smallest absolute Gasteiger partial charge is 0.338 e. The zero-order chi connectivity index (χ0) is 16.0. The highest BCUT2D eigenvalue weighted by Crippen LogP contribution is 2.22. The summed E-state index contributed by atoms with van der Waals surface area (Å²) in [6.45, 7) is 1.89. The summed E-state index contributed by atoms with van der Waals surface area (Å²) in [6.07, 6.45) is 0. The maximum atomic E-state index is 11.4. The van der Waals surface area contributed by atoms with E-state index in [0.29, 0.717) is 0 Å². The number of benzene rings is 1. The normalized spacial score (nSPS) is 11.1. The van der Waals surface area contributed by atoms with Crippen molar-refractivity contribution in [2.75, 3.05) is 24.2 Å². The SMILES string of the molecule is CCNS(=O)(=O)CCNc1ccc([N+](=O)[O-])cc1C(=O)O. The average molecular weight is 317 g/mol. The van der Waals surface area contributed by atoms with Gasteiger partial charge in [0.25, 0.3) is 5.69 Å². The molecule has 0 aliphatic heterocycles. The van der Waals surface area contributed by atoms with Crippen molar-refractivity contribution < 1.29 is 23.2 Å². The topological polar surface area (TPSA) is 139 Å². The number of rotatable bonds is 8. The summed E-state index contributed by atoms with van der Waals surface area (Å²) in [4.78, 5) is 21.0. The first-order valence-corrected chi connectivity index (χ1v) is 7.65. The van der Waals surface area contributed by atoms with Crippen molar-refractivity contribution in [3.05, 3.63) is 33.9 Å². The molecule has 0 aliphatic rings. The van der Waals surface area contributed by atoms with Crippen LogP contribution in [0.2, 0.25) is 0 Å². The van der Waals surface area contributed by atoms with Gasteiger partial charge in [-0.15, -0.1) is 0 Å². The van der Waals surface area contributed by atoms with Crippen LogP contribution in [0.15, 0.2) is 18.2 Å². The van der Waals surface area contributed by atoms with Crippen LogP contribution >= 0.6 is 0 Å². The zero-order valence-corrected chi connectivity index (χ0v) is 12.0. The van der Waals surface area contributed by atoms with E-state index in [-0.39, 0.29) is 35.8 Å². The summed E-state index contributed by atoms with van der Waals surface area (Å²) < 4.78 is 25.1. The van der Waals surface area contributed by atoms with Crippen molar-refractivity contribution in [2.45, 2.75) is 6.92 Å². The number of non-ortho nitro benzene ring substituents is 1. The van der Waals surface area contributed by atoms with Crippen molar-refractivity contribution in [3.8, 4) is 0 Å². The van der Waals surface area contributed by atoms with Gasteiger partial charge in [0.15, 0.2) is 0 Å². The van der Waals surface area contributed by atoms with Gasteiger partial charge in [0.05, 0.1) is 16.2 Å². The zero-order valence-electron chi connectivity index (χ0n) is 11.2. The summed E-state index contributed by atoms with van der Waals surface area (Å²) in [6, 6.07) is 3.30. The van der Waals surface area contributed by atoms with E-state index in [2.05, 4.69) is 10.0 Å². The Morgan fingerprint density at radius 3 is 2.62 bits per heavy atom. The maximum Gasteiger partial charge on any atom is 0.338 e. The van der Waals surface area contributed by atoms with Crippen LogP contribution < -0.4 is 10.0 Å². The van der Waals surface area contributed by atoms with E-state index in [1.54, 1.807) is 6.92 Å². The van der Waals surface area contributed by atoms with Gasteiger partial charge in [0.1, 0.15) is 0 Å². The van der Waals surface area contributed by atoms with E-state index in [1.165, 1.54) is 6.07 Å². The summed E-state index contributed by atoms with van der Waals surface area (Å²) >= 11 is 0. The number of hydrogen-bond acceptors (Lipinski definition) is 6. The monoisotopic (exact) mass is 317 g/mol. The first kappa shape index (κ1) is 16.9. The lowest BCUT2D eigenvalue weighted by Crippen LogP contribution is -2.29. The van der Waals surface area contributed by atoms with Gasteiger partial charge in [0.2, 0.25) is 10.0 Å². The van der Waals surface area contributed by atoms with Gasteiger partial charge in [0, 0.05) is 30.9 Å². The number of nitro groups is 1. The van der Waals surface area contributed by atoms with Crippen LogP contribution in [0.3, 0.4) is 0 Å². The summed E-state index contributed by atoms with van der Waals surface area (Å²) in [5.41, 5.74) is -0.511. The van der Waals surface area contributed by atoms with Gasteiger partial charge < -0.3 is 10.4 Å². The fraction of sp³-hybridized carbons (Fsp3) is 0.364. The standard InChI is InChI=1S/C11H15N3O6S/c1-2-13-21(19,20)6-5-12-10-4-3-8(14(17)18)7-9(10)11(15)16/h3-4,7,12-13H,2,5-6H2,1H3,(H,15,16). The molecule has 0 saturated heterocycles. The number of nitrogens with one attached hydrogen (secondary N) is 2. The van der Waals surface area contributed by atoms with Crippen LogP contribution in [0, 0.1) is 10.1 Å². The van der Waals surface area contributed by atoms with Crippen molar-refractivity contribution in [1.82, 2.24) is 4.72 Å². The van der Waals surface area contributed by atoms with Crippen molar-refractivity contribution in [1.29, 1.82) is 0 Å². The molecular weight excluding hydrogens is 302 g/mol. The Balaban J connectivity index is 2.84. The molecule has 0 fully saturated rings. The largest absolute Gasteiger partial charge is 0.478 e. The van der Waals surface area contributed by atoms with E-state index < -0.39 is 20.9 Å². The Bertz CT molecular complexity index is 643. The van der Waals surface area contributed by atoms with Crippen molar-refractivity contribution in [3.63, 3.8) is 0 Å². The highest BCUT2D eigenvalue weighted by molar-refractivity contribution is 7.89. The Morgan fingerprint density at radius 2 is 2.10 bits per heavy atom. The minimum absolute atomic E-state index is 0.0204. The number of aromatic carboxylic acids is 1. The quantitative estimate of drug-likeness (QED) is 0.472. The molecule has 0 aromatic heterocycles. The van der Waals surface area contributed by atoms with Crippen LogP contribution in [0.4, 0.5) is 11.4 Å². The highest BCUT2D eigenvalue weighted by Gasteiger charge is 2.16. The van der Waals surface area contributed by atoms with E-state index in [1.807, 2.05) is 0 Å². The van der Waals surface area contributed by atoms with Crippen molar-refractivity contribution >= 4 is 27.4 Å². The number of sulfonamides is 1. The third-order valence-corrected chi connectivity index (χ3v) is 3.96. The lowest BCUT2D eigenvalue weighted by molar-refractivity contribution is -0.384. The van der Waals surface area contributed by atoms with E-state index in [9.17, 15) is 23.3 Å². The van der Waals surface area contributed by atoms with Crippen LogP contribution in [-0.2, 0) is 10.0 Å². The second kappa shape index (κ2) is 6.99. The van der Waals surface area contributed by atoms with Gasteiger partial charge in [-0.3, -0.25) is 10.1 Å². The number of hydrogen-bond donors (Lipinski definition) is 3. The first-order valence-electron chi connectivity index (χ1n) is 5.99. The number of nitrogens with zero attached hydrogens (tertiary/aromatic N) is 1. The predicted molar refractivity (Wildman–Crippen MR) is 76.0 cm³/mol. The molecule has 0 spiro atoms. The fourth-order valence-corrected chi connectivity index (χ4v) is 2.54. The van der Waals surface area contributed by atoms with Gasteiger partial charge in [-0.25, -0.2) is 17.9 Å². The Morgan fingerprint density at radius 1 is 1.43 bits per heavy atom. The highest BCUT2D eigenvalue weighted by atomic mass is 32.2. The molecule has 0 atom stereocenters. The second-order valence-electron chi connectivity index (χ2n) is 4.04. The molecule has 0 amide bonds. The predicted octanol–water partition coefficient (Wildman–Crippen LogP) is 0.644. The Labute approximate surface area is 121 Å². The number of nitro benzene ring substituents is 1. The number of anilines is 1. The van der Waals surface area contributed by atoms with Gasteiger partial charge in [-0.1, -0.05) is 6.92 Å². The summed E-state index contributed by atoms with van der Waals surface area (Å²) in [5.74, 6) is -1.58. The Kier molecular flexibility index (Phi) is 5.61. The molecule has 1 aromatic carbocycles. The molecular formula is C11H15N3O6S. The van der Waals surface area contributed by atoms with Crippen LogP contribution in [0.25, 0.3) is 0 Å². The summed E-state index contributed by atoms with van der Waals surface area (Å²) in [5, 5.41) is 22.3. The number of carboxylic acid groups (broad SMARTS) is 1. The summed E-state index contributed by atoms with van der Waals surface area (Å²) in [7, 11) is -3.42. The van der Waals surface area contributed by atoms with E-state index in [0.717, 1.165) is 12.1 Å². The molecule has 0 aliphatic carbocycles. The molecule has 0 bridgehead atoms. The lowest BCUT2D eigenvalue weighted by atomic mass is 10.1. The van der Waals surface area contributed by atoms with E-state index >= 15 is 0 Å². The third kappa shape index (κ3) is 5.00. The molecule has 0 radical (unpaired) electrons. The molecule has 0 heterocycles. The Hall–Kier alpha value is -2.20. The van der Waals surface area contributed by atoms with Crippen LogP contribution in [0.1, 0.15) is 17.3 Å². The van der Waals surface area contributed by atoms with Gasteiger partial charge >= 0.3 is 5.97 Å². The minimum atomic E-state index is -3.42. The second-order valence-corrected chi connectivity index (χ2v) is 5.96. The molecule has 1 rings (SSSR count). The fourth-order valence-electron chi connectivity index (χ4n) is 1.59. The average Bonchev–Trinajstić information content (AvgIpc) is 2.38. The van der Waals surface area contributed by atoms with Crippen LogP contribution in [-0.4, -0.2) is 43.3 Å². The van der Waals surface area contributed by atoms with Gasteiger partial charge in [-0.2, -0.15) is 0 Å². The number of carbonyl (C=O) groups is 1.